The molecule has 1 unspecified atom stereocenters. The van der Waals surface area contributed by atoms with Crippen molar-refractivity contribution in [3.63, 3.8) is 0 Å². The Kier molecular flexibility index (Phi) is 8.27. The summed E-state index contributed by atoms with van der Waals surface area (Å²) >= 11 is 0. The molecule has 0 fully saturated rings. The third-order valence-electron chi connectivity index (χ3n) is 4.20. The maximum Gasteiger partial charge on any atom is 0.261 e. The highest BCUT2D eigenvalue weighted by molar-refractivity contribution is 7.92. The third kappa shape index (κ3) is 6.23. The normalized spacial score (nSPS) is 12.0. The summed E-state index contributed by atoms with van der Waals surface area (Å²) in [4.78, 5) is 12.2. The lowest BCUT2D eigenvalue weighted by atomic mass is 10.1. The van der Waals surface area contributed by atoms with E-state index in [0.717, 1.165) is 11.1 Å². The molecule has 0 spiro atoms. The van der Waals surface area contributed by atoms with Crippen LogP contribution in [0.25, 0.3) is 0 Å². The summed E-state index contributed by atoms with van der Waals surface area (Å²) in [6.07, 6.45) is 0. The molecule has 2 rings (SSSR count). The molecule has 2 aromatic rings. The van der Waals surface area contributed by atoms with Crippen LogP contribution in [0, 0.1) is 19.8 Å². The summed E-state index contributed by atoms with van der Waals surface area (Å²) < 4.78 is 27.6. The van der Waals surface area contributed by atoms with Gasteiger partial charge in [0.05, 0.1) is 4.90 Å². The quantitative estimate of drug-likeness (QED) is 0.651. The molecule has 1 atom stereocenters. The van der Waals surface area contributed by atoms with E-state index in [-0.39, 0.29) is 29.1 Å². The standard InChI is InChI=1S/C19H25N3O3S.ClH/c1-13(11-20)12-21-19(23)16-5-8-18(9-6-16)26(24,25)22-17-7-4-14(2)15(3)10-17;/h4-10,13,22H,11-12,20H2,1-3H3,(H,21,23);1H. The van der Waals surface area contributed by atoms with Gasteiger partial charge in [0.2, 0.25) is 0 Å². The second kappa shape index (κ2) is 9.73. The number of benzene rings is 2. The van der Waals surface area contributed by atoms with Crippen LogP contribution >= 0.6 is 12.4 Å². The monoisotopic (exact) mass is 411 g/mol. The van der Waals surface area contributed by atoms with Crippen molar-refractivity contribution in [1.29, 1.82) is 0 Å². The molecular formula is C19H26ClN3O3S. The van der Waals surface area contributed by atoms with Crippen molar-refractivity contribution in [3.8, 4) is 0 Å². The van der Waals surface area contributed by atoms with Gasteiger partial charge in [-0.15, -0.1) is 12.4 Å². The van der Waals surface area contributed by atoms with Crippen LogP contribution in [0.3, 0.4) is 0 Å². The molecule has 4 N–H and O–H groups in total. The fraction of sp³-hybridized carbons (Fsp3) is 0.316. The smallest absolute Gasteiger partial charge is 0.261 e. The zero-order chi connectivity index (χ0) is 19.3. The number of nitrogens with two attached hydrogens (primary N) is 1. The average Bonchev–Trinajstić information content (AvgIpc) is 2.62. The van der Waals surface area contributed by atoms with Crippen molar-refractivity contribution in [3.05, 3.63) is 59.2 Å². The minimum Gasteiger partial charge on any atom is -0.352 e. The summed E-state index contributed by atoms with van der Waals surface area (Å²) in [6, 6.07) is 11.2. The number of aryl methyl sites for hydroxylation is 2. The Morgan fingerprint density at radius 3 is 2.26 bits per heavy atom. The molecular weight excluding hydrogens is 386 g/mol. The molecule has 0 saturated carbocycles. The van der Waals surface area contributed by atoms with E-state index in [4.69, 9.17) is 5.73 Å². The number of nitrogens with one attached hydrogen (secondary N) is 2. The summed E-state index contributed by atoms with van der Waals surface area (Å²) in [5, 5.41) is 2.78. The van der Waals surface area contributed by atoms with Gasteiger partial charge in [-0.1, -0.05) is 13.0 Å². The van der Waals surface area contributed by atoms with Gasteiger partial charge in [-0.25, -0.2) is 8.42 Å². The predicted molar refractivity (Wildman–Crippen MR) is 111 cm³/mol. The van der Waals surface area contributed by atoms with Gasteiger partial charge in [0.15, 0.2) is 0 Å². The Bertz CT molecular complexity index is 884. The largest absolute Gasteiger partial charge is 0.352 e. The topological polar surface area (TPSA) is 101 Å². The van der Waals surface area contributed by atoms with Crippen molar-refractivity contribution in [2.24, 2.45) is 11.7 Å². The number of carbonyl (C=O) groups is 1. The Morgan fingerprint density at radius 2 is 1.70 bits per heavy atom. The van der Waals surface area contributed by atoms with Crippen molar-refractivity contribution >= 4 is 34.0 Å². The second-order valence-corrected chi connectivity index (χ2v) is 8.16. The molecule has 0 aliphatic carbocycles. The Morgan fingerprint density at radius 1 is 1.07 bits per heavy atom. The summed E-state index contributed by atoms with van der Waals surface area (Å²) in [5.74, 6) is -0.0721. The van der Waals surface area contributed by atoms with Crippen LogP contribution in [0.4, 0.5) is 5.69 Å². The number of anilines is 1. The fourth-order valence-corrected chi connectivity index (χ4v) is 3.31. The lowest BCUT2D eigenvalue weighted by Gasteiger charge is -2.12. The van der Waals surface area contributed by atoms with Gasteiger partial charge in [0.25, 0.3) is 15.9 Å². The van der Waals surface area contributed by atoms with Crippen LogP contribution in [0.5, 0.6) is 0 Å². The molecule has 2 aromatic carbocycles. The van der Waals surface area contributed by atoms with Crippen LogP contribution < -0.4 is 15.8 Å². The first-order valence-corrected chi connectivity index (χ1v) is 9.89. The molecule has 148 valence electrons. The highest BCUT2D eigenvalue weighted by Gasteiger charge is 2.15. The van der Waals surface area contributed by atoms with Gasteiger partial charge in [0, 0.05) is 17.8 Å². The third-order valence-corrected chi connectivity index (χ3v) is 5.60. The highest BCUT2D eigenvalue weighted by Crippen LogP contribution is 2.19. The van der Waals surface area contributed by atoms with Gasteiger partial charge in [-0.05, 0) is 73.8 Å². The minimum absolute atomic E-state index is 0. The van der Waals surface area contributed by atoms with Crippen LogP contribution in [-0.2, 0) is 10.0 Å². The number of rotatable bonds is 7. The number of amides is 1. The molecule has 0 bridgehead atoms. The average molecular weight is 412 g/mol. The maximum atomic E-state index is 12.5. The SMILES string of the molecule is Cc1ccc(NS(=O)(=O)c2ccc(C(=O)NCC(C)CN)cc2)cc1C.Cl. The molecule has 8 heteroatoms. The summed E-state index contributed by atoms with van der Waals surface area (Å²) in [7, 11) is -3.71. The molecule has 0 heterocycles. The number of sulfonamides is 1. The van der Waals surface area contributed by atoms with E-state index in [1.54, 1.807) is 12.1 Å². The lowest BCUT2D eigenvalue weighted by Crippen LogP contribution is -2.31. The minimum atomic E-state index is -3.71. The summed E-state index contributed by atoms with van der Waals surface area (Å²) in [6.45, 7) is 6.79. The highest BCUT2D eigenvalue weighted by atomic mass is 35.5. The lowest BCUT2D eigenvalue weighted by molar-refractivity contribution is 0.0948. The van der Waals surface area contributed by atoms with Gasteiger partial charge in [-0.2, -0.15) is 0 Å². The number of halogens is 1. The molecule has 27 heavy (non-hydrogen) atoms. The van der Waals surface area contributed by atoms with E-state index in [0.29, 0.717) is 24.3 Å². The molecule has 6 nitrogen and oxygen atoms in total. The van der Waals surface area contributed by atoms with Crippen molar-refractivity contribution in [2.75, 3.05) is 17.8 Å². The molecule has 0 aliphatic rings. The Hall–Kier alpha value is -2.09. The van der Waals surface area contributed by atoms with E-state index in [1.165, 1.54) is 24.3 Å². The van der Waals surface area contributed by atoms with Crippen LogP contribution in [0.15, 0.2) is 47.4 Å². The first kappa shape index (κ1) is 23.0. The van der Waals surface area contributed by atoms with Crippen LogP contribution in [-0.4, -0.2) is 27.4 Å². The molecule has 1 amide bonds. The van der Waals surface area contributed by atoms with Crippen molar-refractivity contribution in [2.45, 2.75) is 25.7 Å². The number of hydrogen-bond acceptors (Lipinski definition) is 4. The van der Waals surface area contributed by atoms with Crippen molar-refractivity contribution < 1.29 is 13.2 Å². The molecule has 0 radical (unpaired) electrons. The first-order valence-electron chi connectivity index (χ1n) is 8.41. The van der Waals surface area contributed by atoms with E-state index in [2.05, 4.69) is 10.0 Å². The van der Waals surface area contributed by atoms with Crippen molar-refractivity contribution in [1.82, 2.24) is 5.32 Å². The fourth-order valence-electron chi connectivity index (χ4n) is 2.26. The Labute approximate surface area is 167 Å². The van der Waals surface area contributed by atoms with Gasteiger partial charge in [-0.3, -0.25) is 9.52 Å². The zero-order valence-corrected chi connectivity index (χ0v) is 17.3. The van der Waals surface area contributed by atoms with Gasteiger partial charge < -0.3 is 11.1 Å². The molecule has 0 aromatic heterocycles. The number of hydrogen-bond donors (Lipinski definition) is 3. The van der Waals surface area contributed by atoms with Gasteiger partial charge in [0.1, 0.15) is 0 Å². The zero-order valence-electron chi connectivity index (χ0n) is 15.7. The van der Waals surface area contributed by atoms with Crippen LogP contribution in [0.2, 0.25) is 0 Å². The van der Waals surface area contributed by atoms with Gasteiger partial charge >= 0.3 is 0 Å². The number of carbonyl (C=O) groups excluding carboxylic acids is 1. The Balaban J connectivity index is 0.00000364. The summed E-state index contributed by atoms with van der Waals surface area (Å²) in [5.41, 5.74) is 8.52. The first-order chi connectivity index (χ1) is 12.2. The van der Waals surface area contributed by atoms with E-state index in [1.807, 2.05) is 26.8 Å². The van der Waals surface area contributed by atoms with Crippen LogP contribution in [0.1, 0.15) is 28.4 Å². The predicted octanol–water partition coefficient (Wildman–Crippen LogP) is 2.85. The van der Waals surface area contributed by atoms with E-state index >= 15 is 0 Å². The maximum absolute atomic E-state index is 12.5. The van der Waals surface area contributed by atoms with E-state index < -0.39 is 10.0 Å². The van der Waals surface area contributed by atoms with E-state index in [9.17, 15) is 13.2 Å². The molecule has 0 saturated heterocycles. The second-order valence-electron chi connectivity index (χ2n) is 6.48. The molecule has 0 aliphatic heterocycles.